The Morgan fingerprint density at radius 2 is 1.97 bits per heavy atom. The van der Waals surface area contributed by atoms with Gasteiger partial charge < -0.3 is 24.8 Å². The summed E-state index contributed by atoms with van der Waals surface area (Å²) in [5, 5.41) is 6.31. The smallest absolute Gasteiger partial charge is 0.387 e. The molecular weight excluding hydrogens is 533 g/mol. The van der Waals surface area contributed by atoms with Crippen LogP contribution in [0.2, 0.25) is 0 Å². The first kappa shape index (κ1) is 25.9. The molecule has 1 fully saturated rings. The molecule has 1 saturated carbocycles. The summed E-state index contributed by atoms with van der Waals surface area (Å²) in [6.07, 6.45) is 4.16. The summed E-state index contributed by atoms with van der Waals surface area (Å²) in [6, 6.07) is 8.82. The van der Waals surface area contributed by atoms with Crippen LogP contribution in [-0.2, 0) is 13.1 Å². The highest BCUT2D eigenvalue weighted by atomic mass is 127. The molecule has 0 spiro atoms. The van der Waals surface area contributed by atoms with Crippen molar-refractivity contribution >= 4 is 29.9 Å². The molecule has 1 heterocycles. The number of ether oxygens (including phenoxy) is 3. The Hall–Kier alpha value is -2.37. The third-order valence-electron chi connectivity index (χ3n) is 4.66. The largest absolute Gasteiger partial charge is 0.490 e. The third-order valence-corrected chi connectivity index (χ3v) is 4.66. The zero-order chi connectivity index (χ0) is 22.1. The summed E-state index contributed by atoms with van der Waals surface area (Å²) in [5.74, 6) is 2.08. The van der Waals surface area contributed by atoms with Crippen molar-refractivity contribution in [1.29, 1.82) is 0 Å². The second-order valence-electron chi connectivity index (χ2n) is 7.09. The molecule has 10 heteroatoms. The number of nitrogens with one attached hydrogen (secondary N) is 2. The summed E-state index contributed by atoms with van der Waals surface area (Å²) in [5.41, 5.74) is 1.53. The van der Waals surface area contributed by atoms with E-state index in [9.17, 15) is 8.78 Å². The molecule has 2 aromatic rings. The van der Waals surface area contributed by atoms with Crippen LogP contribution in [0, 0.1) is 5.92 Å². The van der Waals surface area contributed by atoms with E-state index in [4.69, 9.17) is 14.2 Å². The van der Waals surface area contributed by atoms with Gasteiger partial charge in [-0.15, -0.1) is 24.0 Å². The number of halogens is 3. The average molecular weight is 562 g/mol. The number of hydrogen-bond donors (Lipinski definition) is 2. The maximum Gasteiger partial charge on any atom is 0.387 e. The Balaban J connectivity index is 0.00000363. The molecule has 176 valence electrons. The van der Waals surface area contributed by atoms with Crippen molar-refractivity contribution in [3.05, 3.63) is 47.7 Å². The lowest BCUT2D eigenvalue weighted by molar-refractivity contribution is -0.0520. The van der Waals surface area contributed by atoms with Crippen LogP contribution >= 0.6 is 24.0 Å². The van der Waals surface area contributed by atoms with Crippen LogP contribution in [0.1, 0.15) is 30.9 Å². The van der Waals surface area contributed by atoms with Crippen molar-refractivity contribution in [2.24, 2.45) is 10.9 Å². The zero-order valence-corrected chi connectivity index (χ0v) is 20.5. The Kier molecular flexibility index (Phi) is 10.7. The Morgan fingerprint density at radius 3 is 2.66 bits per heavy atom. The number of alkyl halides is 2. The Bertz CT molecular complexity index is 882. The van der Waals surface area contributed by atoms with Gasteiger partial charge in [-0.05, 0) is 43.4 Å². The van der Waals surface area contributed by atoms with Gasteiger partial charge in [0.25, 0.3) is 0 Å². The number of pyridine rings is 1. The van der Waals surface area contributed by atoms with E-state index >= 15 is 0 Å². The number of aromatic nitrogens is 1. The van der Waals surface area contributed by atoms with E-state index in [1.54, 1.807) is 38.4 Å². The lowest BCUT2D eigenvalue weighted by Crippen LogP contribution is -2.36. The van der Waals surface area contributed by atoms with Crippen LogP contribution in [0.15, 0.2) is 41.5 Å². The number of para-hydroxylation sites is 1. The highest BCUT2D eigenvalue weighted by Gasteiger charge is 2.22. The van der Waals surface area contributed by atoms with Gasteiger partial charge in [0.1, 0.15) is 0 Å². The first-order valence-electron chi connectivity index (χ1n) is 10.3. The molecule has 0 bridgehead atoms. The van der Waals surface area contributed by atoms with Crippen LogP contribution in [0.3, 0.4) is 0 Å². The van der Waals surface area contributed by atoms with Gasteiger partial charge in [-0.3, -0.25) is 4.99 Å². The molecule has 32 heavy (non-hydrogen) atoms. The van der Waals surface area contributed by atoms with Gasteiger partial charge in [0.15, 0.2) is 17.5 Å². The van der Waals surface area contributed by atoms with Crippen LogP contribution < -0.4 is 24.8 Å². The number of nitrogens with zero attached hydrogens (tertiary/aromatic N) is 2. The Morgan fingerprint density at radius 1 is 1.19 bits per heavy atom. The lowest BCUT2D eigenvalue weighted by atomic mass is 10.2. The van der Waals surface area contributed by atoms with Crippen molar-refractivity contribution in [3.8, 4) is 17.4 Å². The second-order valence-corrected chi connectivity index (χ2v) is 7.09. The van der Waals surface area contributed by atoms with Crippen molar-refractivity contribution < 1.29 is 23.0 Å². The summed E-state index contributed by atoms with van der Waals surface area (Å²) >= 11 is 0. The summed E-state index contributed by atoms with van der Waals surface area (Å²) in [7, 11) is 1.64. The fraction of sp³-hybridized carbons (Fsp3) is 0.455. The fourth-order valence-electron chi connectivity index (χ4n) is 2.90. The van der Waals surface area contributed by atoms with Crippen molar-refractivity contribution in [2.45, 2.75) is 39.5 Å². The standard InChI is InChI=1S/C22H28F2N4O3.HI/c1-3-29-18-6-4-5-17(20(18)31-21(23)24)13-28-22(25-2)27-12-16-9-10-26-19(11-16)30-14-15-7-8-15;/h4-6,9-11,15,21H,3,7-8,12-14H2,1-2H3,(H2,25,27,28);1H. The maximum atomic E-state index is 12.9. The number of rotatable bonds is 11. The number of guanidine groups is 1. The molecule has 0 radical (unpaired) electrons. The van der Waals surface area contributed by atoms with Gasteiger partial charge in [-0.25, -0.2) is 4.98 Å². The van der Waals surface area contributed by atoms with E-state index in [-0.39, 0.29) is 42.0 Å². The van der Waals surface area contributed by atoms with Gasteiger partial charge >= 0.3 is 6.61 Å². The maximum absolute atomic E-state index is 12.9. The van der Waals surface area contributed by atoms with E-state index in [1.807, 2.05) is 12.1 Å². The molecule has 3 rings (SSSR count). The Labute approximate surface area is 204 Å². The van der Waals surface area contributed by atoms with Crippen LogP contribution in [0.5, 0.6) is 17.4 Å². The highest BCUT2D eigenvalue weighted by molar-refractivity contribution is 14.0. The molecule has 1 aromatic carbocycles. The van der Waals surface area contributed by atoms with E-state index in [0.29, 0.717) is 43.1 Å². The molecule has 0 unspecified atom stereocenters. The van der Waals surface area contributed by atoms with E-state index in [1.165, 1.54) is 12.8 Å². The molecule has 1 aromatic heterocycles. The van der Waals surface area contributed by atoms with Gasteiger partial charge in [0.05, 0.1) is 13.2 Å². The minimum absolute atomic E-state index is 0. The molecular formula is C22H29F2IN4O3. The van der Waals surface area contributed by atoms with Crippen molar-refractivity contribution in [2.75, 3.05) is 20.3 Å². The van der Waals surface area contributed by atoms with Crippen molar-refractivity contribution in [1.82, 2.24) is 15.6 Å². The van der Waals surface area contributed by atoms with E-state index in [2.05, 4.69) is 20.6 Å². The number of benzene rings is 1. The molecule has 0 amide bonds. The van der Waals surface area contributed by atoms with Gasteiger partial charge in [0.2, 0.25) is 5.88 Å². The number of hydrogen-bond acceptors (Lipinski definition) is 5. The number of aliphatic imine (C=N–C) groups is 1. The lowest BCUT2D eigenvalue weighted by Gasteiger charge is -2.17. The van der Waals surface area contributed by atoms with Crippen molar-refractivity contribution in [3.63, 3.8) is 0 Å². The molecule has 1 aliphatic carbocycles. The topological polar surface area (TPSA) is 77.0 Å². The second kappa shape index (κ2) is 13.2. The molecule has 0 saturated heterocycles. The highest BCUT2D eigenvalue weighted by Crippen LogP contribution is 2.32. The summed E-state index contributed by atoms with van der Waals surface area (Å²) < 4.78 is 41.6. The average Bonchev–Trinajstić information content (AvgIpc) is 3.59. The fourth-order valence-corrected chi connectivity index (χ4v) is 2.90. The van der Waals surface area contributed by atoms with Crippen LogP contribution in [0.4, 0.5) is 8.78 Å². The predicted octanol–water partition coefficient (Wildman–Crippen LogP) is 4.35. The van der Waals surface area contributed by atoms with Crippen LogP contribution in [-0.4, -0.2) is 37.8 Å². The van der Waals surface area contributed by atoms with Gasteiger partial charge in [-0.1, -0.05) is 12.1 Å². The minimum atomic E-state index is -2.94. The first-order chi connectivity index (χ1) is 15.1. The predicted molar refractivity (Wildman–Crippen MR) is 129 cm³/mol. The molecule has 2 N–H and O–H groups in total. The zero-order valence-electron chi connectivity index (χ0n) is 18.1. The molecule has 0 aliphatic heterocycles. The summed E-state index contributed by atoms with van der Waals surface area (Å²) in [4.78, 5) is 8.42. The normalized spacial score (nSPS) is 13.3. The first-order valence-corrected chi connectivity index (χ1v) is 10.3. The monoisotopic (exact) mass is 562 g/mol. The summed E-state index contributed by atoms with van der Waals surface area (Å²) in [6.45, 7) is 0.621. The molecule has 1 aliphatic rings. The molecule has 0 atom stereocenters. The van der Waals surface area contributed by atoms with E-state index in [0.717, 1.165) is 5.56 Å². The third kappa shape index (κ3) is 8.29. The van der Waals surface area contributed by atoms with Crippen LogP contribution in [0.25, 0.3) is 0 Å². The minimum Gasteiger partial charge on any atom is -0.490 e. The van der Waals surface area contributed by atoms with E-state index < -0.39 is 6.61 Å². The SMILES string of the molecule is CCOc1cccc(CNC(=NC)NCc2ccnc(OCC3CC3)c2)c1OC(F)F.I. The van der Waals surface area contributed by atoms with Gasteiger partial charge in [0, 0.05) is 38.0 Å². The van der Waals surface area contributed by atoms with Gasteiger partial charge in [-0.2, -0.15) is 8.78 Å². The molecule has 7 nitrogen and oxygen atoms in total. The quantitative estimate of drug-likeness (QED) is 0.241.